The fourth-order valence-corrected chi connectivity index (χ4v) is 3.72. The van der Waals surface area contributed by atoms with E-state index in [2.05, 4.69) is 15.6 Å². The summed E-state index contributed by atoms with van der Waals surface area (Å²) in [4.78, 5) is 4.61. The zero-order valence-corrected chi connectivity index (χ0v) is 12.2. The van der Waals surface area contributed by atoms with Gasteiger partial charge in [-0.2, -0.15) is 0 Å². The van der Waals surface area contributed by atoms with Crippen LogP contribution >= 0.6 is 0 Å². The van der Waals surface area contributed by atoms with Crippen LogP contribution in [0.25, 0.3) is 11.0 Å². The molecule has 2 aliphatic rings. The van der Waals surface area contributed by atoms with Gasteiger partial charge in [0.15, 0.2) is 5.79 Å². The van der Waals surface area contributed by atoms with Crippen LogP contribution in [0.4, 0.5) is 0 Å². The van der Waals surface area contributed by atoms with E-state index in [1.54, 1.807) is 0 Å². The Kier molecular flexibility index (Phi) is 3.03. The van der Waals surface area contributed by atoms with E-state index in [4.69, 9.17) is 9.47 Å². The van der Waals surface area contributed by atoms with Crippen molar-refractivity contribution in [3.63, 3.8) is 0 Å². The molecular formula is C16H20N2O3. The number of nitrogens with zero attached hydrogens (tertiary/aromatic N) is 2. The molecule has 0 bridgehead atoms. The molecule has 1 aliphatic carbocycles. The molecule has 1 aromatic carbocycles. The van der Waals surface area contributed by atoms with Crippen molar-refractivity contribution in [3.8, 4) is 0 Å². The van der Waals surface area contributed by atoms with Gasteiger partial charge in [-0.3, -0.25) is 0 Å². The van der Waals surface area contributed by atoms with Gasteiger partial charge in [-0.05, 0) is 25.5 Å². The lowest BCUT2D eigenvalue weighted by molar-refractivity contribution is -0.199. The van der Waals surface area contributed by atoms with Crippen LogP contribution in [0.15, 0.2) is 24.3 Å². The van der Waals surface area contributed by atoms with Crippen LogP contribution in [0.2, 0.25) is 0 Å². The predicted octanol–water partition coefficient (Wildman–Crippen LogP) is 2.17. The summed E-state index contributed by atoms with van der Waals surface area (Å²) in [7, 11) is 0. The maximum absolute atomic E-state index is 10.5. The maximum Gasteiger partial charge on any atom is 0.170 e. The largest absolute Gasteiger partial charge is 0.391 e. The Labute approximate surface area is 123 Å². The minimum absolute atomic E-state index is 0.0516. The first-order valence-electron chi connectivity index (χ1n) is 7.58. The molecule has 1 aliphatic heterocycles. The molecule has 21 heavy (non-hydrogen) atoms. The van der Waals surface area contributed by atoms with Crippen molar-refractivity contribution in [1.82, 2.24) is 9.55 Å². The topological polar surface area (TPSA) is 56.5 Å². The minimum Gasteiger partial charge on any atom is -0.391 e. The first-order chi connectivity index (χ1) is 10.2. The first-order valence-corrected chi connectivity index (χ1v) is 7.58. The van der Waals surface area contributed by atoms with E-state index in [0.717, 1.165) is 23.3 Å². The Bertz CT molecular complexity index is 661. The Morgan fingerprint density at radius 1 is 1.29 bits per heavy atom. The molecule has 2 unspecified atom stereocenters. The van der Waals surface area contributed by atoms with Gasteiger partial charge >= 0.3 is 0 Å². The number of imidazole rings is 1. The van der Waals surface area contributed by atoms with Gasteiger partial charge in [-0.25, -0.2) is 4.98 Å². The van der Waals surface area contributed by atoms with E-state index >= 15 is 0 Å². The lowest BCUT2D eigenvalue weighted by Gasteiger charge is -2.40. The van der Waals surface area contributed by atoms with Crippen LogP contribution in [0.3, 0.4) is 0 Å². The van der Waals surface area contributed by atoms with Crippen LogP contribution in [-0.4, -0.2) is 39.8 Å². The molecule has 1 saturated heterocycles. The fraction of sp³-hybridized carbons (Fsp3) is 0.562. The molecule has 2 heterocycles. The third-order valence-electron chi connectivity index (χ3n) is 4.70. The lowest BCUT2D eigenvalue weighted by Crippen LogP contribution is -2.43. The second-order valence-corrected chi connectivity index (χ2v) is 6.00. The molecule has 0 radical (unpaired) electrons. The Morgan fingerprint density at radius 3 is 2.86 bits per heavy atom. The number of para-hydroxylation sites is 2. The molecule has 2 aromatic rings. The van der Waals surface area contributed by atoms with Gasteiger partial charge in [0.25, 0.3) is 0 Å². The lowest BCUT2D eigenvalue weighted by atomic mass is 9.87. The summed E-state index contributed by atoms with van der Waals surface area (Å²) < 4.78 is 13.8. The monoisotopic (exact) mass is 288 g/mol. The number of aliphatic hydroxyl groups excluding tert-OH is 1. The highest BCUT2D eigenvalue weighted by Gasteiger charge is 2.45. The van der Waals surface area contributed by atoms with Gasteiger partial charge in [0.1, 0.15) is 5.82 Å². The average molecular weight is 288 g/mol. The third kappa shape index (κ3) is 2.08. The van der Waals surface area contributed by atoms with E-state index in [9.17, 15) is 5.11 Å². The summed E-state index contributed by atoms with van der Waals surface area (Å²) in [6.07, 6.45) is 1.74. The third-order valence-corrected chi connectivity index (χ3v) is 4.70. The van der Waals surface area contributed by atoms with Crippen LogP contribution in [0.5, 0.6) is 0 Å². The summed E-state index contributed by atoms with van der Waals surface area (Å²) in [5.41, 5.74) is 2.03. The molecule has 1 N–H and O–H groups in total. The SMILES string of the molecule is Cc1nc2ccccc2n1C1CC2(CCC1O)OCCO2. The number of rotatable bonds is 1. The number of fused-ring (bicyclic) bond motifs is 1. The van der Waals surface area contributed by atoms with Crippen molar-refractivity contribution < 1.29 is 14.6 Å². The van der Waals surface area contributed by atoms with E-state index in [1.165, 1.54) is 0 Å². The Balaban J connectivity index is 1.77. The Morgan fingerprint density at radius 2 is 2.05 bits per heavy atom. The van der Waals surface area contributed by atoms with Gasteiger partial charge < -0.3 is 19.1 Å². The number of hydrogen-bond acceptors (Lipinski definition) is 4. The molecule has 4 rings (SSSR count). The van der Waals surface area contributed by atoms with E-state index in [1.807, 2.05) is 25.1 Å². The summed E-state index contributed by atoms with van der Waals surface area (Å²) in [5, 5.41) is 10.5. The van der Waals surface area contributed by atoms with Gasteiger partial charge in [-0.15, -0.1) is 0 Å². The summed E-state index contributed by atoms with van der Waals surface area (Å²) >= 11 is 0. The quantitative estimate of drug-likeness (QED) is 0.874. The predicted molar refractivity (Wildman–Crippen MR) is 78.0 cm³/mol. The highest BCUT2D eigenvalue weighted by Crippen LogP contribution is 2.42. The molecule has 2 atom stereocenters. The molecule has 5 nitrogen and oxygen atoms in total. The summed E-state index contributed by atoms with van der Waals surface area (Å²) in [6.45, 7) is 3.28. The standard InChI is InChI=1S/C16H20N2O3/c1-11-17-12-4-2-3-5-13(12)18(11)14-10-16(7-6-15(14)19)20-8-9-21-16/h2-5,14-15,19H,6-10H2,1H3. The van der Waals surface area contributed by atoms with Crippen LogP contribution < -0.4 is 0 Å². The van der Waals surface area contributed by atoms with Crippen molar-refractivity contribution in [2.45, 2.75) is 44.1 Å². The zero-order chi connectivity index (χ0) is 14.4. The zero-order valence-electron chi connectivity index (χ0n) is 12.2. The van der Waals surface area contributed by atoms with Crippen molar-refractivity contribution in [3.05, 3.63) is 30.1 Å². The number of ether oxygens (including phenoxy) is 2. The van der Waals surface area contributed by atoms with E-state index in [-0.39, 0.29) is 12.1 Å². The molecule has 1 spiro atoms. The number of hydrogen-bond donors (Lipinski definition) is 1. The van der Waals surface area contributed by atoms with Crippen molar-refractivity contribution in [1.29, 1.82) is 0 Å². The Hall–Kier alpha value is -1.43. The average Bonchev–Trinajstić information content (AvgIpc) is 3.06. The highest BCUT2D eigenvalue weighted by molar-refractivity contribution is 5.76. The van der Waals surface area contributed by atoms with Gasteiger partial charge in [0.2, 0.25) is 0 Å². The van der Waals surface area contributed by atoms with E-state index in [0.29, 0.717) is 26.1 Å². The van der Waals surface area contributed by atoms with E-state index < -0.39 is 5.79 Å². The van der Waals surface area contributed by atoms with Crippen LogP contribution in [-0.2, 0) is 9.47 Å². The van der Waals surface area contributed by atoms with Gasteiger partial charge in [-0.1, -0.05) is 12.1 Å². The maximum atomic E-state index is 10.5. The minimum atomic E-state index is -0.512. The molecular weight excluding hydrogens is 268 g/mol. The molecule has 1 aromatic heterocycles. The van der Waals surface area contributed by atoms with Crippen LogP contribution in [0.1, 0.15) is 31.1 Å². The van der Waals surface area contributed by atoms with Crippen LogP contribution in [0, 0.1) is 6.92 Å². The number of aliphatic hydroxyl groups is 1. The molecule has 112 valence electrons. The van der Waals surface area contributed by atoms with Gasteiger partial charge in [0.05, 0.1) is 36.4 Å². The molecule has 2 fully saturated rings. The normalized spacial score (nSPS) is 28.5. The fourth-order valence-electron chi connectivity index (χ4n) is 3.72. The first kappa shape index (κ1) is 13.2. The highest BCUT2D eigenvalue weighted by atomic mass is 16.7. The number of benzene rings is 1. The van der Waals surface area contributed by atoms with Gasteiger partial charge in [0, 0.05) is 12.8 Å². The number of aromatic nitrogens is 2. The van der Waals surface area contributed by atoms with Crippen molar-refractivity contribution >= 4 is 11.0 Å². The number of aryl methyl sites for hydroxylation is 1. The molecule has 0 amide bonds. The smallest absolute Gasteiger partial charge is 0.170 e. The summed E-state index contributed by atoms with van der Waals surface area (Å²) in [5.74, 6) is 0.414. The van der Waals surface area contributed by atoms with Crippen molar-refractivity contribution in [2.24, 2.45) is 0 Å². The second-order valence-electron chi connectivity index (χ2n) is 6.00. The second kappa shape index (κ2) is 4.80. The van der Waals surface area contributed by atoms with Crippen molar-refractivity contribution in [2.75, 3.05) is 13.2 Å². The molecule has 1 saturated carbocycles. The molecule has 5 heteroatoms. The summed E-state index contributed by atoms with van der Waals surface area (Å²) in [6, 6.07) is 8.00.